The summed E-state index contributed by atoms with van der Waals surface area (Å²) >= 11 is 5.80. The second kappa shape index (κ2) is 7.84. The van der Waals surface area contributed by atoms with Crippen LogP contribution in [0.25, 0.3) is 11.3 Å². The molecule has 0 fully saturated rings. The summed E-state index contributed by atoms with van der Waals surface area (Å²) in [5, 5.41) is 8.47. The zero-order valence-corrected chi connectivity index (χ0v) is 14.2. The maximum atomic E-state index is 5.80. The van der Waals surface area contributed by atoms with Crippen molar-refractivity contribution in [3.63, 3.8) is 0 Å². The van der Waals surface area contributed by atoms with Gasteiger partial charge in [-0.05, 0) is 36.8 Å². The van der Waals surface area contributed by atoms with E-state index in [9.17, 15) is 0 Å². The van der Waals surface area contributed by atoms with Crippen molar-refractivity contribution in [3.8, 4) is 11.3 Å². The van der Waals surface area contributed by atoms with Gasteiger partial charge >= 0.3 is 0 Å². The molecule has 0 atom stereocenters. The number of alkyl halides is 1. The van der Waals surface area contributed by atoms with Gasteiger partial charge in [-0.3, -0.25) is 4.98 Å². The lowest BCUT2D eigenvalue weighted by atomic mass is 10.1. The first-order valence-corrected chi connectivity index (χ1v) is 8.26. The van der Waals surface area contributed by atoms with Gasteiger partial charge in [-0.15, -0.1) is 11.6 Å². The van der Waals surface area contributed by atoms with Crippen LogP contribution in [-0.2, 0) is 13.1 Å². The summed E-state index contributed by atoms with van der Waals surface area (Å²) in [7, 11) is 0. The van der Waals surface area contributed by atoms with Crippen LogP contribution in [0.3, 0.4) is 0 Å². The normalized spacial score (nSPS) is 11.2. The van der Waals surface area contributed by atoms with Crippen molar-refractivity contribution in [2.75, 3.05) is 5.88 Å². The van der Waals surface area contributed by atoms with Crippen LogP contribution < -0.4 is 0 Å². The first-order valence-electron chi connectivity index (χ1n) is 7.73. The largest absolute Gasteiger partial charge is 0.333 e. The van der Waals surface area contributed by atoms with Gasteiger partial charge in [0.2, 0.25) is 0 Å². The van der Waals surface area contributed by atoms with Gasteiger partial charge in [0, 0.05) is 36.6 Å². The van der Waals surface area contributed by atoms with Crippen molar-refractivity contribution in [2.45, 2.75) is 20.0 Å². The van der Waals surface area contributed by atoms with Crippen LogP contribution >= 0.6 is 11.6 Å². The summed E-state index contributed by atoms with van der Waals surface area (Å²) in [5.41, 5.74) is 3.91. The lowest BCUT2D eigenvalue weighted by molar-refractivity contribution is 0.735. The number of azo groups is 1. The van der Waals surface area contributed by atoms with Crippen molar-refractivity contribution in [1.82, 2.24) is 14.5 Å². The number of benzene rings is 1. The first-order chi connectivity index (χ1) is 11.8. The van der Waals surface area contributed by atoms with Crippen LogP contribution in [-0.4, -0.2) is 20.4 Å². The van der Waals surface area contributed by atoms with E-state index < -0.39 is 0 Å². The van der Waals surface area contributed by atoms with Gasteiger partial charge < -0.3 is 4.57 Å². The molecule has 0 N–H and O–H groups in total. The highest BCUT2D eigenvalue weighted by Gasteiger charge is 2.06. The van der Waals surface area contributed by atoms with Crippen molar-refractivity contribution in [2.24, 2.45) is 10.2 Å². The van der Waals surface area contributed by atoms with E-state index in [2.05, 4.69) is 24.8 Å². The quantitative estimate of drug-likeness (QED) is 0.479. The van der Waals surface area contributed by atoms with Gasteiger partial charge in [0.1, 0.15) is 5.82 Å². The molecule has 0 radical (unpaired) electrons. The zero-order valence-electron chi connectivity index (χ0n) is 13.4. The highest BCUT2D eigenvalue weighted by Crippen LogP contribution is 2.22. The molecule has 2 aromatic heterocycles. The Morgan fingerprint density at radius 2 is 1.83 bits per heavy atom. The maximum Gasteiger partial charge on any atom is 0.106 e. The maximum absolute atomic E-state index is 5.80. The van der Waals surface area contributed by atoms with E-state index in [1.165, 1.54) is 0 Å². The first kappa shape index (κ1) is 16.3. The summed E-state index contributed by atoms with van der Waals surface area (Å²) in [4.78, 5) is 8.56. The molecule has 0 aliphatic rings. The number of pyridine rings is 1. The number of halogens is 1. The Morgan fingerprint density at radius 3 is 2.54 bits per heavy atom. The molecule has 0 bridgehead atoms. The topological polar surface area (TPSA) is 55.4 Å². The summed E-state index contributed by atoms with van der Waals surface area (Å²) in [6.45, 7) is 3.30. The molecule has 6 heteroatoms. The van der Waals surface area contributed by atoms with E-state index in [0.29, 0.717) is 12.4 Å². The van der Waals surface area contributed by atoms with Crippen LogP contribution in [0.2, 0.25) is 0 Å². The number of hydrogen-bond acceptors (Lipinski definition) is 4. The molecule has 1 aromatic carbocycles. The van der Waals surface area contributed by atoms with Gasteiger partial charge in [0.25, 0.3) is 0 Å². The molecule has 3 aromatic rings. The van der Waals surface area contributed by atoms with Crippen LogP contribution in [0.1, 0.15) is 11.4 Å². The van der Waals surface area contributed by atoms with E-state index >= 15 is 0 Å². The Kier molecular flexibility index (Phi) is 5.33. The van der Waals surface area contributed by atoms with Crippen molar-refractivity contribution < 1.29 is 0 Å². The lowest BCUT2D eigenvalue weighted by Crippen LogP contribution is -1.99. The van der Waals surface area contributed by atoms with Gasteiger partial charge in [0.15, 0.2) is 0 Å². The highest BCUT2D eigenvalue weighted by atomic mass is 35.5. The van der Waals surface area contributed by atoms with Crippen LogP contribution in [0.4, 0.5) is 5.69 Å². The third kappa shape index (κ3) is 4.06. The molecular formula is C18H18ClN5. The molecule has 2 heterocycles. The number of aryl methyl sites for hydroxylation is 2. The molecule has 0 unspecified atom stereocenters. The van der Waals surface area contributed by atoms with Crippen LogP contribution in [0, 0.1) is 6.92 Å². The van der Waals surface area contributed by atoms with Crippen molar-refractivity contribution in [1.29, 1.82) is 0 Å². The van der Waals surface area contributed by atoms with Crippen molar-refractivity contribution >= 4 is 17.3 Å². The molecule has 0 spiro atoms. The summed E-state index contributed by atoms with van der Waals surface area (Å²) < 4.78 is 2.06. The average Bonchev–Trinajstić information content (AvgIpc) is 2.98. The molecule has 122 valence electrons. The standard InChI is InChI=1S/C18H18ClN5/c1-14-22-18(13-24(14)11-8-19)16-2-4-17(5-3-16)23-21-12-15-6-9-20-10-7-15/h2-7,9-10,13H,8,11-12H2,1H3. The molecular weight excluding hydrogens is 322 g/mol. The van der Waals surface area contributed by atoms with E-state index in [0.717, 1.165) is 34.9 Å². The summed E-state index contributed by atoms with van der Waals surface area (Å²) in [6, 6.07) is 11.8. The summed E-state index contributed by atoms with van der Waals surface area (Å²) in [6.07, 6.45) is 5.54. The number of nitrogens with zero attached hydrogens (tertiary/aromatic N) is 5. The molecule has 0 saturated carbocycles. The molecule has 0 amide bonds. The van der Waals surface area contributed by atoms with E-state index in [4.69, 9.17) is 11.6 Å². The fraction of sp³-hybridized carbons (Fsp3) is 0.222. The highest BCUT2D eigenvalue weighted by molar-refractivity contribution is 6.17. The minimum Gasteiger partial charge on any atom is -0.333 e. The van der Waals surface area contributed by atoms with E-state index in [-0.39, 0.29) is 0 Å². The average molecular weight is 340 g/mol. The minimum atomic E-state index is 0.548. The number of imidazole rings is 1. The van der Waals surface area contributed by atoms with Crippen molar-refractivity contribution in [3.05, 3.63) is 66.4 Å². The van der Waals surface area contributed by atoms with Gasteiger partial charge in [-0.2, -0.15) is 10.2 Å². The molecule has 0 aliphatic heterocycles. The number of aromatic nitrogens is 3. The third-order valence-corrected chi connectivity index (χ3v) is 3.82. The Bertz CT molecular complexity index is 809. The monoisotopic (exact) mass is 339 g/mol. The van der Waals surface area contributed by atoms with Gasteiger partial charge in [-0.25, -0.2) is 4.98 Å². The summed E-state index contributed by atoms with van der Waals surface area (Å²) in [5.74, 6) is 1.54. The minimum absolute atomic E-state index is 0.548. The number of rotatable bonds is 6. The molecule has 0 saturated heterocycles. The Labute approximate surface area is 146 Å². The van der Waals surface area contributed by atoms with Gasteiger partial charge in [-0.1, -0.05) is 12.1 Å². The Morgan fingerprint density at radius 1 is 1.08 bits per heavy atom. The second-order valence-corrected chi connectivity index (χ2v) is 5.74. The Balaban J connectivity index is 1.68. The SMILES string of the molecule is Cc1nc(-c2ccc(N=NCc3ccncc3)cc2)cn1CCCl. The fourth-order valence-electron chi connectivity index (χ4n) is 2.35. The number of hydrogen-bond donors (Lipinski definition) is 0. The van der Waals surface area contributed by atoms with E-state index in [1.54, 1.807) is 12.4 Å². The Hall–Kier alpha value is -2.53. The molecule has 0 aliphatic carbocycles. The molecule has 3 rings (SSSR count). The second-order valence-electron chi connectivity index (χ2n) is 5.36. The smallest absolute Gasteiger partial charge is 0.106 e. The fourth-order valence-corrected chi connectivity index (χ4v) is 2.53. The predicted molar refractivity (Wildman–Crippen MR) is 95.6 cm³/mol. The predicted octanol–water partition coefficient (Wildman–Crippen LogP) is 4.78. The van der Waals surface area contributed by atoms with E-state index in [1.807, 2.05) is 49.5 Å². The van der Waals surface area contributed by atoms with Crippen LogP contribution in [0.15, 0.2) is 65.2 Å². The molecule has 24 heavy (non-hydrogen) atoms. The van der Waals surface area contributed by atoms with Gasteiger partial charge in [0.05, 0.1) is 17.9 Å². The van der Waals surface area contributed by atoms with Crippen LogP contribution in [0.5, 0.6) is 0 Å². The molecule has 5 nitrogen and oxygen atoms in total. The third-order valence-electron chi connectivity index (χ3n) is 3.65. The lowest BCUT2D eigenvalue weighted by Gasteiger charge is -1.99. The zero-order chi connectivity index (χ0) is 16.8.